The van der Waals surface area contributed by atoms with Crippen LogP contribution in [0.4, 0.5) is 5.95 Å². The van der Waals surface area contributed by atoms with Crippen LogP contribution < -0.4 is 4.90 Å². The number of nitrogens with one attached hydrogen (secondary N) is 1. The highest BCUT2D eigenvalue weighted by Crippen LogP contribution is 2.37. The molecule has 1 saturated heterocycles. The summed E-state index contributed by atoms with van der Waals surface area (Å²) in [5.74, 6) is 1.05. The van der Waals surface area contributed by atoms with Crippen molar-refractivity contribution in [1.82, 2.24) is 19.7 Å². The Bertz CT molecular complexity index is 481. The number of piperazine rings is 1. The molecule has 3 rings (SSSR count). The first-order valence-corrected chi connectivity index (χ1v) is 7.77. The van der Waals surface area contributed by atoms with Gasteiger partial charge in [-0.1, -0.05) is 6.92 Å². The van der Waals surface area contributed by atoms with Gasteiger partial charge < -0.3 is 4.90 Å². The van der Waals surface area contributed by atoms with Crippen molar-refractivity contribution in [3.63, 3.8) is 0 Å². The molecular weight excluding hydrogens is 258 g/mol. The second kappa shape index (κ2) is 5.25. The third kappa shape index (κ3) is 2.56. The summed E-state index contributed by atoms with van der Waals surface area (Å²) < 4.78 is 3.00. The first-order chi connectivity index (χ1) is 9.20. The minimum Gasteiger partial charge on any atom is -0.338 e. The van der Waals surface area contributed by atoms with Gasteiger partial charge in [-0.2, -0.15) is 0 Å². The Balaban J connectivity index is 1.70. The highest BCUT2D eigenvalue weighted by atomic mass is 32.1. The maximum Gasteiger partial charge on any atom is 0.226 e. The lowest BCUT2D eigenvalue weighted by molar-refractivity contribution is 0.191. The van der Waals surface area contributed by atoms with E-state index in [0.29, 0.717) is 12.1 Å². The molecule has 6 heteroatoms. The second-order valence-electron chi connectivity index (χ2n) is 5.71. The number of nitrogens with zero attached hydrogens (tertiary/aromatic N) is 4. The molecule has 5 nitrogen and oxygen atoms in total. The molecule has 2 fully saturated rings. The quantitative estimate of drug-likeness (QED) is 0.859. The summed E-state index contributed by atoms with van der Waals surface area (Å²) in [5.41, 5.74) is 0. The van der Waals surface area contributed by atoms with Gasteiger partial charge in [-0.25, -0.2) is 5.10 Å². The van der Waals surface area contributed by atoms with E-state index in [9.17, 15) is 0 Å². The number of H-pyrrole nitrogens is 1. The molecule has 0 spiro atoms. The molecule has 1 N–H and O–H groups in total. The monoisotopic (exact) mass is 281 g/mol. The summed E-state index contributed by atoms with van der Waals surface area (Å²) in [5, 5.41) is 7.41. The lowest BCUT2D eigenvalue weighted by Gasteiger charge is -2.38. The second-order valence-corrected chi connectivity index (χ2v) is 6.10. The molecule has 106 valence electrons. The van der Waals surface area contributed by atoms with Crippen molar-refractivity contribution >= 4 is 18.2 Å². The standard InChI is InChI=1S/C13H23N5S/c1-3-10(2)16-6-8-17(9-7-16)12-14-15-13(19)18(12)11-4-5-11/h10-11H,3-9H2,1-2H3,(H,15,19). The highest BCUT2D eigenvalue weighted by molar-refractivity contribution is 7.71. The van der Waals surface area contributed by atoms with Gasteiger partial charge in [0.25, 0.3) is 0 Å². The lowest BCUT2D eigenvalue weighted by atomic mass is 10.2. The van der Waals surface area contributed by atoms with E-state index in [4.69, 9.17) is 12.2 Å². The highest BCUT2D eigenvalue weighted by Gasteiger charge is 2.30. The van der Waals surface area contributed by atoms with Crippen molar-refractivity contribution in [3.05, 3.63) is 4.77 Å². The summed E-state index contributed by atoms with van der Waals surface area (Å²) >= 11 is 5.35. The molecule has 0 aromatic carbocycles. The molecule has 2 heterocycles. The van der Waals surface area contributed by atoms with E-state index >= 15 is 0 Å². The molecule has 1 aromatic rings. The van der Waals surface area contributed by atoms with Gasteiger partial charge in [0.2, 0.25) is 5.95 Å². The fourth-order valence-corrected chi connectivity index (χ4v) is 3.08. The average molecular weight is 281 g/mol. The predicted octanol–water partition coefficient (Wildman–Crippen LogP) is 2.20. The van der Waals surface area contributed by atoms with Gasteiger partial charge in [0.1, 0.15) is 0 Å². The Morgan fingerprint density at radius 3 is 2.58 bits per heavy atom. The fourth-order valence-electron chi connectivity index (χ4n) is 2.80. The van der Waals surface area contributed by atoms with E-state index in [1.807, 2.05) is 0 Å². The van der Waals surface area contributed by atoms with Crippen LogP contribution in [0.3, 0.4) is 0 Å². The Labute approximate surface area is 119 Å². The largest absolute Gasteiger partial charge is 0.338 e. The predicted molar refractivity (Wildman–Crippen MR) is 79.2 cm³/mol. The molecule has 0 amide bonds. The molecule has 1 atom stereocenters. The first-order valence-electron chi connectivity index (χ1n) is 7.36. The van der Waals surface area contributed by atoms with Gasteiger partial charge in [0.15, 0.2) is 4.77 Å². The number of hydrogen-bond donors (Lipinski definition) is 1. The van der Waals surface area contributed by atoms with E-state index in [1.165, 1.54) is 19.3 Å². The maximum atomic E-state index is 5.35. The minimum atomic E-state index is 0.592. The first kappa shape index (κ1) is 13.1. The molecular formula is C13H23N5S. The van der Waals surface area contributed by atoms with Crippen LogP contribution in [-0.2, 0) is 0 Å². The van der Waals surface area contributed by atoms with Crippen LogP contribution in [0, 0.1) is 4.77 Å². The summed E-state index contributed by atoms with van der Waals surface area (Å²) in [6.45, 7) is 8.93. The zero-order chi connectivity index (χ0) is 13.4. The van der Waals surface area contributed by atoms with Crippen LogP contribution in [0.5, 0.6) is 0 Å². The van der Waals surface area contributed by atoms with Crippen LogP contribution in [0.25, 0.3) is 0 Å². The molecule has 1 aromatic heterocycles. The zero-order valence-corrected chi connectivity index (χ0v) is 12.6. The normalized spacial score (nSPS) is 22.7. The molecule has 1 saturated carbocycles. The van der Waals surface area contributed by atoms with Gasteiger partial charge >= 0.3 is 0 Å². The maximum absolute atomic E-state index is 5.35. The Morgan fingerprint density at radius 1 is 1.32 bits per heavy atom. The summed E-state index contributed by atoms with van der Waals surface area (Å²) in [7, 11) is 0. The van der Waals surface area contributed by atoms with Crippen molar-refractivity contribution in [3.8, 4) is 0 Å². The number of anilines is 1. The van der Waals surface area contributed by atoms with Crippen LogP contribution in [0.15, 0.2) is 0 Å². The van der Waals surface area contributed by atoms with E-state index in [0.717, 1.165) is 36.9 Å². The number of aromatic amines is 1. The van der Waals surface area contributed by atoms with Gasteiger partial charge in [-0.15, -0.1) is 5.10 Å². The zero-order valence-electron chi connectivity index (χ0n) is 11.8. The van der Waals surface area contributed by atoms with Crippen LogP contribution >= 0.6 is 12.2 Å². The molecule has 2 aliphatic rings. The Morgan fingerprint density at radius 2 is 2.00 bits per heavy atom. The smallest absolute Gasteiger partial charge is 0.226 e. The molecule has 19 heavy (non-hydrogen) atoms. The van der Waals surface area contributed by atoms with E-state index in [1.54, 1.807) is 0 Å². The average Bonchev–Trinajstić information content (AvgIpc) is 3.21. The van der Waals surface area contributed by atoms with Crippen molar-refractivity contribution in [1.29, 1.82) is 0 Å². The third-order valence-electron chi connectivity index (χ3n) is 4.41. The number of aromatic nitrogens is 3. The van der Waals surface area contributed by atoms with Crippen molar-refractivity contribution in [2.24, 2.45) is 0 Å². The fraction of sp³-hybridized carbons (Fsp3) is 0.846. The van der Waals surface area contributed by atoms with E-state index in [-0.39, 0.29) is 0 Å². The minimum absolute atomic E-state index is 0.592. The lowest BCUT2D eigenvalue weighted by Crippen LogP contribution is -2.50. The van der Waals surface area contributed by atoms with Gasteiger partial charge in [0.05, 0.1) is 0 Å². The summed E-state index contributed by atoms with van der Waals surface area (Å²) in [6, 6.07) is 1.28. The van der Waals surface area contributed by atoms with Crippen LogP contribution in [-0.4, -0.2) is 51.9 Å². The SMILES string of the molecule is CCC(C)N1CCN(c2n[nH]c(=S)n2C2CC2)CC1. The summed E-state index contributed by atoms with van der Waals surface area (Å²) in [6.07, 6.45) is 3.71. The van der Waals surface area contributed by atoms with Crippen LogP contribution in [0.2, 0.25) is 0 Å². The van der Waals surface area contributed by atoms with Crippen LogP contribution in [0.1, 0.15) is 39.2 Å². The molecule has 0 bridgehead atoms. The van der Waals surface area contributed by atoms with Crippen molar-refractivity contribution in [2.45, 2.75) is 45.2 Å². The number of hydrogen-bond acceptors (Lipinski definition) is 4. The molecule has 1 aliphatic heterocycles. The molecule has 0 radical (unpaired) electrons. The Hall–Kier alpha value is -0.880. The molecule has 1 aliphatic carbocycles. The van der Waals surface area contributed by atoms with Gasteiger partial charge in [0, 0.05) is 38.3 Å². The van der Waals surface area contributed by atoms with Crippen molar-refractivity contribution in [2.75, 3.05) is 31.1 Å². The van der Waals surface area contributed by atoms with Gasteiger partial charge in [-0.05, 0) is 38.4 Å². The number of rotatable bonds is 4. The van der Waals surface area contributed by atoms with Crippen molar-refractivity contribution < 1.29 is 0 Å². The topological polar surface area (TPSA) is 40.1 Å². The summed E-state index contributed by atoms with van der Waals surface area (Å²) in [4.78, 5) is 4.95. The van der Waals surface area contributed by atoms with E-state index in [2.05, 4.69) is 38.4 Å². The van der Waals surface area contributed by atoms with Gasteiger partial charge in [-0.3, -0.25) is 9.47 Å². The molecule has 1 unspecified atom stereocenters. The third-order valence-corrected chi connectivity index (χ3v) is 4.70. The Kier molecular flexibility index (Phi) is 3.62. The van der Waals surface area contributed by atoms with E-state index < -0.39 is 0 Å².